The van der Waals surface area contributed by atoms with E-state index in [9.17, 15) is 0 Å². The molecule has 0 spiro atoms. The van der Waals surface area contributed by atoms with Crippen molar-refractivity contribution in [3.63, 3.8) is 0 Å². The van der Waals surface area contributed by atoms with Crippen molar-refractivity contribution in [1.82, 2.24) is 0 Å². The van der Waals surface area contributed by atoms with E-state index in [1.54, 1.807) is 0 Å². The average Bonchev–Trinajstić information content (AvgIpc) is 2.26. The molecule has 0 rings (SSSR count). The normalized spacial score (nSPS) is 10.0. The Kier molecular flexibility index (Phi) is 29.7. The van der Waals surface area contributed by atoms with Gasteiger partial charge in [0.05, 0.1) is 0 Å². The Hall–Kier alpha value is 0.796. The molecule has 0 radical (unpaired) electrons. The summed E-state index contributed by atoms with van der Waals surface area (Å²) in [5.41, 5.74) is 0. The fourth-order valence-corrected chi connectivity index (χ4v) is 1.72. The molecule has 0 bridgehead atoms. The first-order valence-corrected chi connectivity index (χ1v) is 6.86. The molecule has 0 saturated carbocycles. The molecule has 0 saturated heterocycles. The number of allylic oxidation sites excluding steroid dienone is 2. The molecule has 0 aromatic rings. The van der Waals surface area contributed by atoms with E-state index in [4.69, 9.17) is 0 Å². The number of hydrogen-bond donors (Lipinski definition) is 0. The van der Waals surface area contributed by atoms with Gasteiger partial charge < -0.3 is 19.3 Å². The molecule has 0 nitrogen and oxygen atoms in total. The molecule has 0 aliphatic heterocycles. The van der Waals surface area contributed by atoms with Gasteiger partial charge in [-0.3, -0.25) is 0 Å². The quantitative estimate of drug-likeness (QED) is 0.234. The Balaban J connectivity index is -0.000000980. The Morgan fingerprint density at radius 1 is 0.765 bits per heavy atom. The predicted molar refractivity (Wildman–Crippen MR) is 76.7 cm³/mol. The van der Waals surface area contributed by atoms with Crippen LogP contribution in [0.5, 0.6) is 0 Å². The molecule has 0 fully saturated rings. The summed E-state index contributed by atoms with van der Waals surface area (Å²) >= 11 is 0. The maximum absolute atomic E-state index is 3.85. The van der Waals surface area contributed by atoms with Crippen LogP contribution in [0.1, 0.15) is 77.6 Å². The van der Waals surface area contributed by atoms with E-state index in [2.05, 4.69) is 26.0 Å². The maximum atomic E-state index is 3.85. The molecular formula is C15H29ClMg. The Morgan fingerprint density at radius 2 is 1.24 bits per heavy atom. The zero-order chi connectivity index (χ0) is 11.2. The maximum Gasteiger partial charge on any atom is 2.00 e. The molecular weight excluding hydrogens is 240 g/mol. The van der Waals surface area contributed by atoms with E-state index in [-0.39, 0.29) is 35.5 Å². The van der Waals surface area contributed by atoms with Crippen molar-refractivity contribution in [2.24, 2.45) is 0 Å². The summed E-state index contributed by atoms with van der Waals surface area (Å²) in [6.45, 7) is 6.12. The van der Waals surface area contributed by atoms with Gasteiger partial charge >= 0.3 is 23.1 Å². The monoisotopic (exact) mass is 268 g/mol. The van der Waals surface area contributed by atoms with Gasteiger partial charge in [-0.1, -0.05) is 57.6 Å². The van der Waals surface area contributed by atoms with Crippen molar-refractivity contribution >= 4 is 23.1 Å². The summed E-state index contributed by atoms with van der Waals surface area (Å²) in [4.78, 5) is 0. The van der Waals surface area contributed by atoms with Gasteiger partial charge in [-0.2, -0.15) is 6.42 Å². The number of hydrogen-bond acceptors (Lipinski definition) is 0. The van der Waals surface area contributed by atoms with Gasteiger partial charge in [0.25, 0.3) is 0 Å². The zero-order valence-electron chi connectivity index (χ0n) is 11.7. The van der Waals surface area contributed by atoms with Gasteiger partial charge in [-0.05, 0) is 25.7 Å². The van der Waals surface area contributed by atoms with Crippen molar-refractivity contribution in [2.45, 2.75) is 77.6 Å². The molecule has 0 aromatic carbocycles. The molecule has 0 atom stereocenters. The zero-order valence-corrected chi connectivity index (χ0v) is 13.9. The van der Waals surface area contributed by atoms with Crippen molar-refractivity contribution in [3.05, 3.63) is 19.1 Å². The first-order valence-electron chi connectivity index (χ1n) is 6.86. The largest absolute Gasteiger partial charge is 2.00 e. The molecule has 0 unspecified atom stereocenters. The molecule has 0 heterocycles. The summed E-state index contributed by atoms with van der Waals surface area (Å²) in [6.07, 6.45) is 19.4. The third-order valence-corrected chi connectivity index (χ3v) is 2.76. The van der Waals surface area contributed by atoms with Crippen LogP contribution >= 0.6 is 0 Å². The number of halogens is 1. The van der Waals surface area contributed by atoms with E-state index in [0.717, 1.165) is 6.42 Å². The first kappa shape index (κ1) is 22.9. The molecule has 0 aromatic heterocycles. The van der Waals surface area contributed by atoms with E-state index < -0.39 is 0 Å². The summed E-state index contributed by atoms with van der Waals surface area (Å²) in [5.74, 6) is 0. The van der Waals surface area contributed by atoms with Gasteiger partial charge in [-0.15, -0.1) is 0 Å². The minimum Gasteiger partial charge on any atom is -1.00 e. The smallest absolute Gasteiger partial charge is 1.00 e. The minimum atomic E-state index is 0. The van der Waals surface area contributed by atoms with Crippen LogP contribution in [0.25, 0.3) is 0 Å². The Labute approximate surface area is 132 Å². The molecule has 17 heavy (non-hydrogen) atoms. The summed E-state index contributed by atoms with van der Waals surface area (Å²) in [6, 6.07) is 0. The van der Waals surface area contributed by atoms with E-state index >= 15 is 0 Å². The molecule has 98 valence electrons. The second-order valence-electron chi connectivity index (χ2n) is 4.38. The standard InChI is InChI=1S/C15H29.ClH.Mg/c1-3-5-7-9-11-13-15-14-12-10-8-6-4-2;;/h14-15H,1,3-13H2,2H3;1H;/q-1;;+2/p-1/b15-14-;;. The van der Waals surface area contributed by atoms with E-state index in [0.29, 0.717) is 0 Å². The minimum absolute atomic E-state index is 0. The van der Waals surface area contributed by atoms with Gasteiger partial charge in [0.1, 0.15) is 0 Å². The van der Waals surface area contributed by atoms with Crippen molar-refractivity contribution in [1.29, 1.82) is 0 Å². The van der Waals surface area contributed by atoms with Crippen LogP contribution in [-0.4, -0.2) is 23.1 Å². The van der Waals surface area contributed by atoms with Crippen LogP contribution in [-0.2, 0) is 0 Å². The van der Waals surface area contributed by atoms with Crippen LogP contribution < -0.4 is 12.4 Å². The Morgan fingerprint density at radius 3 is 1.71 bits per heavy atom. The van der Waals surface area contributed by atoms with Crippen molar-refractivity contribution in [3.8, 4) is 0 Å². The fraction of sp³-hybridized carbons (Fsp3) is 0.800. The molecule has 0 aliphatic carbocycles. The fourth-order valence-electron chi connectivity index (χ4n) is 1.72. The van der Waals surface area contributed by atoms with Crippen LogP contribution in [0.15, 0.2) is 12.2 Å². The first-order chi connectivity index (χ1) is 7.41. The predicted octanol–water partition coefficient (Wildman–Crippen LogP) is 2.31. The molecule has 2 heteroatoms. The summed E-state index contributed by atoms with van der Waals surface area (Å²) in [7, 11) is 0. The third-order valence-electron chi connectivity index (χ3n) is 2.76. The number of unbranched alkanes of at least 4 members (excludes halogenated alkanes) is 9. The molecule has 0 aliphatic rings. The third kappa shape index (κ3) is 22.5. The van der Waals surface area contributed by atoms with Gasteiger partial charge in [-0.25, -0.2) is 0 Å². The second kappa shape index (κ2) is 22.0. The Bertz CT molecular complexity index is 135. The van der Waals surface area contributed by atoms with E-state index in [1.165, 1.54) is 64.2 Å². The van der Waals surface area contributed by atoms with Crippen molar-refractivity contribution < 1.29 is 12.4 Å². The number of rotatable bonds is 11. The summed E-state index contributed by atoms with van der Waals surface area (Å²) < 4.78 is 0. The van der Waals surface area contributed by atoms with Gasteiger partial charge in [0.2, 0.25) is 0 Å². The van der Waals surface area contributed by atoms with Gasteiger partial charge in [0, 0.05) is 0 Å². The van der Waals surface area contributed by atoms with Gasteiger partial charge in [0.15, 0.2) is 0 Å². The summed E-state index contributed by atoms with van der Waals surface area (Å²) in [5, 5.41) is 0. The van der Waals surface area contributed by atoms with Crippen LogP contribution in [0.2, 0.25) is 0 Å². The van der Waals surface area contributed by atoms with E-state index in [1.807, 2.05) is 0 Å². The van der Waals surface area contributed by atoms with Crippen molar-refractivity contribution in [2.75, 3.05) is 0 Å². The molecule has 0 N–H and O–H groups in total. The topological polar surface area (TPSA) is 0 Å². The molecule has 0 amide bonds. The average molecular weight is 269 g/mol. The van der Waals surface area contributed by atoms with Crippen LogP contribution in [0, 0.1) is 6.92 Å². The van der Waals surface area contributed by atoms with Crippen LogP contribution in [0.3, 0.4) is 0 Å². The van der Waals surface area contributed by atoms with Crippen LogP contribution in [0.4, 0.5) is 0 Å². The second-order valence-corrected chi connectivity index (χ2v) is 4.38. The SMILES string of the molecule is [CH2-]CCCCCC/C=C\CCCCCC.[Cl-].[Mg+2].